The van der Waals surface area contributed by atoms with Crippen LogP contribution in [0.3, 0.4) is 0 Å². The average Bonchev–Trinajstić information content (AvgIpc) is 3.42. The Kier molecular flexibility index (Phi) is 9.67. The van der Waals surface area contributed by atoms with Crippen LogP contribution in [0.25, 0.3) is 0 Å². The van der Waals surface area contributed by atoms with Crippen LogP contribution in [0.2, 0.25) is 0 Å². The van der Waals surface area contributed by atoms with Gasteiger partial charge < -0.3 is 19.4 Å². The molecule has 8 heteroatoms. The maximum Gasteiger partial charge on any atom is 0.254 e. The minimum atomic E-state index is -0.450. The summed E-state index contributed by atoms with van der Waals surface area (Å²) < 4.78 is 6.19. The van der Waals surface area contributed by atoms with Crippen molar-refractivity contribution in [1.82, 2.24) is 14.7 Å². The fourth-order valence-corrected chi connectivity index (χ4v) is 6.35. The number of carbonyl (C=O) groups is 2. The summed E-state index contributed by atoms with van der Waals surface area (Å²) in [5.74, 6) is 0.668. The Morgan fingerprint density at radius 3 is 2.28 bits per heavy atom. The third-order valence-electron chi connectivity index (χ3n) is 7.72. The Bertz CT molecular complexity index is 1550. The smallest absolute Gasteiger partial charge is 0.254 e. The van der Waals surface area contributed by atoms with Crippen molar-refractivity contribution in [1.29, 1.82) is 0 Å². The molecule has 222 valence electrons. The second kappa shape index (κ2) is 13.8. The molecule has 7 nitrogen and oxygen atoms in total. The second-order valence-corrected chi connectivity index (χ2v) is 11.5. The molecule has 0 fully saturated rings. The summed E-state index contributed by atoms with van der Waals surface area (Å²) in [6.07, 6.45) is 0.196. The Hall–Kier alpha value is -4.30. The first kappa shape index (κ1) is 30.2. The lowest BCUT2D eigenvalue weighted by Crippen LogP contribution is -2.42. The van der Waals surface area contributed by atoms with E-state index in [1.54, 1.807) is 4.90 Å². The molecule has 43 heavy (non-hydrogen) atoms. The highest BCUT2D eigenvalue weighted by Crippen LogP contribution is 2.45. The summed E-state index contributed by atoms with van der Waals surface area (Å²) >= 11 is 1.49. The maximum atomic E-state index is 14.0. The molecule has 2 aliphatic rings. The van der Waals surface area contributed by atoms with E-state index < -0.39 is 6.04 Å². The van der Waals surface area contributed by atoms with E-state index in [0.29, 0.717) is 43.3 Å². The first-order valence-corrected chi connectivity index (χ1v) is 15.6. The lowest BCUT2D eigenvalue weighted by Gasteiger charge is -2.38. The lowest BCUT2D eigenvalue weighted by atomic mass is 9.92. The van der Waals surface area contributed by atoms with Crippen molar-refractivity contribution >= 4 is 28.7 Å². The van der Waals surface area contributed by atoms with Crippen LogP contribution in [0, 0.1) is 0 Å². The van der Waals surface area contributed by atoms with Gasteiger partial charge in [-0.2, -0.15) is 0 Å². The fourth-order valence-electron chi connectivity index (χ4n) is 5.39. The van der Waals surface area contributed by atoms with Gasteiger partial charge in [0.05, 0.1) is 23.7 Å². The summed E-state index contributed by atoms with van der Waals surface area (Å²) in [5.41, 5.74) is 5.19. The Morgan fingerprint density at radius 1 is 0.930 bits per heavy atom. The number of fused-ring (bicyclic) bond motifs is 1. The van der Waals surface area contributed by atoms with Crippen molar-refractivity contribution in [3.8, 4) is 5.75 Å². The van der Waals surface area contributed by atoms with Crippen molar-refractivity contribution in [3.05, 3.63) is 124 Å². The highest BCUT2D eigenvalue weighted by atomic mass is 32.2. The summed E-state index contributed by atoms with van der Waals surface area (Å²) in [6.45, 7) is 8.03. The van der Waals surface area contributed by atoms with Crippen LogP contribution in [0.15, 0.2) is 112 Å². The molecular weight excluding hydrogens is 556 g/mol. The van der Waals surface area contributed by atoms with E-state index in [4.69, 9.17) is 9.73 Å². The van der Waals surface area contributed by atoms with Crippen LogP contribution < -0.4 is 4.74 Å². The summed E-state index contributed by atoms with van der Waals surface area (Å²) in [7, 11) is 1.83. The SMILES string of the molecule is CCN(CC)C(=O)C1=C(C)N=C2SC=C(CC(=O)N(C)Cc3ccccc3)N2C1c1cccc(OCc2ccccc2)c1. The number of rotatable bonds is 11. The van der Waals surface area contributed by atoms with Crippen LogP contribution in [0.4, 0.5) is 0 Å². The highest BCUT2D eigenvalue weighted by molar-refractivity contribution is 8.16. The number of nitrogens with zero attached hydrogens (tertiary/aromatic N) is 4. The van der Waals surface area contributed by atoms with Gasteiger partial charge in [0, 0.05) is 32.4 Å². The van der Waals surface area contributed by atoms with Gasteiger partial charge in [0.2, 0.25) is 5.91 Å². The molecule has 3 aromatic rings. The molecule has 0 spiro atoms. The van der Waals surface area contributed by atoms with Crippen LogP contribution >= 0.6 is 11.8 Å². The van der Waals surface area contributed by atoms with Gasteiger partial charge in [0.25, 0.3) is 5.91 Å². The summed E-state index contributed by atoms with van der Waals surface area (Å²) in [6, 6.07) is 27.5. The van der Waals surface area contributed by atoms with Gasteiger partial charge in [0.15, 0.2) is 5.17 Å². The molecule has 0 radical (unpaired) electrons. The molecule has 0 N–H and O–H groups in total. The van der Waals surface area contributed by atoms with Crippen LogP contribution in [-0.4, -0.2) is 51.8 Å². The number of hydrogen-bond acceptors (Lipinski definition) is 6. The molecule has 0 aliphatic carbocycles. The van der Waals surface area contributed by atoms with Gasteiger partial charge in [-0.05, 0) is 55.0 Å². The summed E-state index contributed by atoms with van der Waals surface area (Å²) in [4.78, 5) is 38.0. The first-order chi connectivity index (χ1) is 20.9. The predicted octanol–water partition coefficient (Wildman–Crippen LogP) is 6.76. The quantitative estimate of drug-likeness (QED) is 0.246. The minimum absolute atomic E-state index is 0.00135. The van der Waals surface area contributed by atoms with Gasteiger partial charge in [-0.1, -0.05) is 84.6 Å². The van der Waals surface area contributed by atoms with Gasteiger partial charge in [-0.3, -0.25) is 9.59 Å². The van der Waals surface area contributed by atoms with E-state index >= 15 is 0 Å². The maximum absolute atomic E-state index is 14.0. The monoisotopic (exact) mass is 594 g/mol. The number of thioether (sulfide) groups is 1. The molecule has 2 amide bonds. The van der Waals surface area contributed by atoms with E-state index in [9.17, 15) is 9.59 Å². The standard InChI is InChI=1S/C35H38N4O3S/c1-5-38(6-2)34(41)32-25(3)36-35-39(29(24-43-35)21-31(40)37(4)22-26-14-9-7-10-15-26)33(32)28-18-13-19-30(20-28)42-23-27-16-11-8-12-17-27/h7-20,24,33H,5-6,21-23H2,1-4H3. The molecule has 1 unspecified atom stereocenters. The normalized spacial score (nSPS) is 15.9. The number of likely N-dealkylation sites (N-methyl/N-ethyl adjacent to an activating group) is 1. The van der Waals surface area contributed by atoms with E-state index in [1.165, 1.54) is 11.8 Å². The van der Waals surface area contributed by atoms with E-state index in [2.05, 4.69) is 4.90 Å². The van der Waals surface area contributed by atoms with Gasteiger partial charge in [-0.25, -0.2) is 4.99 Å². The van der Waals surface area contributed by atoms with Crippen molar-refractivity contribution in [2.75, 3.05) is 20.1 Å². The molecule has 5 rings (SSSR count). The average molecular weight is 595 g/mol. The zero-order valence-electron chi connectivity index (χ0n) is 25.2. The highest BCUT2D eigenvalue weighted by Gasteiger charge is 2.41. The van der Waals surface area contributed by atoms with E-state index in [-0.39, 0.29) is 18.2 Å². The zero-order valence-corrected chi connectivity index (χ0v) is 26.0. The van der Waals surface area contributed by atoms with Crippen molar-refractivity contribution < 1.29 is 14.3 Å². The molecule has 3 aromatic carbocycles. The van der Waals surface area contributed by atoms with Crippen molar-refractivity contribution in [3.63, 3.8) is 0 Å². The van der Waals surface area contributed by atoms with Crippen molar-refractivity contribution in [2.45, 2.75) is 46.4 Å². The number of carbonyl (C=O) groups excluding carboxylic acids is 2. The number of amidine groups is 1. The molecule has 1 atom stereocenters. The Labute approximate surface area is 258 Å². The number of hydrogen-bond donors (Lipinski definition) is 0. The largest absolute Gasteiger partial charge is 0.489 e. The Morgan fingerprint density at radius 2 is 1.60 bits per heavy atom. The molecule has 2 heterocycles. The molecule has 0 aromatic heterocycles. The third kappa shape index (κ3) is 6.86. The molecule has 0 saturated heterocycles. The number of aliphatic imine (C=N–C) groups is 1. The third-order valence-corrected chi connectivity index (χ3v) is 8.61. The summed E-state index contributed by atoms with van der Waals surface area (Å²) in [5, 5.41) is 2.76. The van der Waals surface area contributed by atoms with E-state index in [0.717, 1.165) is 27.6 Å². The first-order valence-electron chi connectivity index (χ1n) is 14.7. The van der Waals surface area contributed by atoms with Crippen LogP contribution in [0.1, 0.15) is 49.9 Å². The van der Waals surface area contributed by atoms with Crippen LogP contribution in [-0.2, 0) is 22.7 Å². The number of benzene rings is 3. The number of ether oxygens (including phenoxy) is 1. The van der Waals surface area contributed by atoms with Gasteiger partial charge in [-0.15, -0.1) is 0 Å². The van der Waals surface area contributed by atoms with E-state index in [1.807, 2.05) is 123 Å². The minimum Gasteiger partial charge on any atom is -0.489 e. The van der Waals surface area contributed by atoms with Crippen molar-refractivity contribution in [2.24, 2.45) is 4.99 Å². The fraction of sp³-hybridized carbons (Fsp3) is 0.286. The second-order valence-electron chi connectivity index (χ2n) is 10.6. The molecular formula is C35H38N4O3S. The molecule has 0 bridgehead atoms. The van der Waals surface area contributed by atoms with Gasteiger partial charge in [0.1, 0.15) is 12.4 Å². The zero-order chi connectivity index (χ0) is 30.3. The topological polar surface area (TPSA) is 65.5 Å². The van der Waals surface area contributed by atoms with Crippen LogP contribution in [0.5, 0.6) is 5.75 Å². The Balaban J connectivity index is 1.46. The predicted molar refractivity (Wildman–Crippen MR) is 173 cm³/mol. The lowest BCUT2D eigenvalue weighted by molar-refractivity contribution is -0.129. The molecule has 0 saturated carbocycles. The van der Waals surface area contributed by atoms with Gasteiger partial charge >= 0.3 is 0 Å². The number of amides is 2. The number of allylic oxidation sites excluding steroid dienone is 1. The molecule has 2 aliphatic heterocycles.